The van der Waals surface area contributed by atoms with E-state index in [0.717, 1.165) is 0 Å². The zero-order valence-electron chi connectivity index (χ0n) is 7.09. The summed E-state index contributed by atoms with van der Waals surface area (Å²) in [6.45, 7) is 5.43. The smallest absolute Gasteiger partial charge is 0.235 e. The van der Waals surface area contributed by atoms with Gasteiger partial charge in [0.05, 0.1) is 4.75 Å². The minimum atomic E-state index is -0.600. The molecule has 0 bridgehead atoms. The largest absolute Gasteiger partial charge is 0.352 e. The normalized spacial score (nSPS) is 14.3. The summed E-state index contributed by atoms with van der Waals surface area (Å²) >= 11 is 8.17. The van der Waals surface area contributed by atoms with Crippen LogP contribution in [-0.4, -0.2) is 22.4 Å². The van der Waals surface area contributed by atoms with Crippen molar-refractivity contribution >= 4 is 31.2 Å². The minimum Gasteiger partial charge on any atom is -0.352 e. The lowest BCUT2D eigenvalue weighted by Gasteiger charge is -2.19. The maximum atomic E-state index is 11.2. The Balaban J connectivity index is 3.88. The van der Waals surface area contributed by atoms with Crippen molar-refractivity contribution in [3.63, 3.8) is 0 Å². The van der Waals surface area contributed by atoms with Gasteiger partial charge < -0.3 is 5.32 Å². The third-order valence-electron chi connectivity index (χ3n) is 1.21. The second-order valence-electron chi connectivity index (χ2n) is 3.12. The zero-order chi connectivity index (χ0) is 9.07. The molecule has 66 valence electrons. The average molecular weight is 193 g/mol. The third kappa shape index (κ3) is 4.58. The fourth-order valence-corrected chi connectivity index (χ4v) is 0.602. The number of nitrogens with one attached hydrogen (secondary N) is 1. The molecule has 0 spiro atoms. The average Bonchev–Trinajstić information content (AvgIpc) is 1.85. The molecule has 0 saturated heterocycles. The predicted molar refractivity (Wildman–Crippen MR) is 54.5 cm³/mol. The van der Waals surface area contributed by atoms with Gasteiger partial charge in [-0.15, -0.1) is 0 Å². The van der Waals surface area contributed by atoms with Crippen LogP contribution < -0.4 is 5.32 Å². The Labute approximate surface area is 79.0 Å². The topological polar surface area (TPSA) is 29.1 Å². The van der Waals surface area contributed by atoms with Gasteiger partial charge in [0.25, 0.3) is 0 Å². The first-order chi connectivity index (χ1) is 4.88. The second kappa shape index (κ2) is 4.26. The maximum Gasteiger partial charge on any atom is 0.235 e. The molecule has 0 radical (unpaired) electrons. The Morgan fingerprint density at radius 2 is 2.09 bits per heavy atom. The molecule has 0 aliphatic heterocycles. The van der Waals surface area contributed by atoms with Crippen LogP contribution in [0.1, 0.15) is 20.8 Å². The van der Waals surface area contributed by atoms with Crippen LogP contribution in [0, 0.1) is 0 Å². The molecule has 4 heteroatoms. The first-order valence-corrected chi connectivity index (χ1v) is 4.60. The van der Waals surface area contributed by atoms with E-state index in [1.54, 1.807) is 13.8 Å². The number of carbonyl (C=O) groups excluding carboxylic acids is 1. The minimum absolute atomic E-state index is 0.0533. The third-order valence-corrected chi connectivity index (χ3v) is 1.96. The van der Waals surface area contributed by atoms with Crippen molar-refractivity contribution in [2.45, 2.75) is 31.6 Å². The Morgan fingerprint density at radius 1 is 1.64 bits per heavy atom. The Bertz CT molecular complexity index is 142. The highest BCUT2D eigenvalue weighted by Gasteiger charge is 2.22. The summed E-state index contributed by atoms with van der Waals surface area (Å²) in [7, 11) is 0. The van der Waals surface area contributed by atoms with E-state index in [-0.39, 0.29) is 11.9 Å². The summed E-state index contributed by atoms with van der Waals surface area (Å²) in [5, 5.41) is 2.78. The van der Waals surface area contributed by atoms with Crippen LogP contribution >= 0.6 is 25.3 Å². The van der Waals surface area contributed by atoms with Gasteiger partial charge in [-0.2, -0.15) is 25.3 Å². The highest BCUT2D eigenvalue weighted by Crippen LogP contribution is 2.11. The highest BCUT2D eigenvalue weighted by molar-refractivity contribution is 7.82. The lowest BCUT2D eigenvalue weighted by Crippen LogP contribution is -2.43. The van der Waals surface area contributed by atoms with Gasteiger partial charge in [0.1, 0.15) is 0 Å². The number of hydrogen-bond acceptors (Lipinski definition) is 3. The van der Waals surface area contributed by atoms with E-state index in [9.17, 15) is 4.79 Å². The van der Waals surface area contributed by atoms with Gasteiger partial charge in [0.15, 0.2) is 0 Å². The summed E-state index contributed by atoms with van der Waals surface area (Å²) in [5.41, 5.74) is 0. The van der Waals surface area contributed by atoms with Gasteiger partial charge in [-0.1, -0.05) is 0 Å². The van der Waals surface area contributed by atoms with Gasteiger partial charge in [-0.05, 0) is 20.8 Å². The van der Waals surface area contributed by atoms with Crippen LogP contribution in [0.15, 0.2) is 0 Å². The zero-order valence-corrected chi connectivity index (χ0v) is 8.88. The van der Waals surface area contributed by atoms with Crippen molar-refractivity contribution in [3.05, 3.63) is 0 Å². The van der Waals surface area contributed by atoms with Gasteiger partial charge in [-0.3, -0.25) is 4.79 Å². The molecule has 0 rings (SSSR count). The number of rotatable bonds is 3. The van der Waals surface area contributed by atoms with Crippen molar-refractivity contribution < 1.29 is 4.79 Å². The molecule has 1 amide bonds. The number of amides is 1. The monoisotopic (exact) mass is 193 g/mol. The van der Waals surface area contributed by atoms with Crippen molar-refractivity contribution in [1.82, 2.24) is 5.32 Å². The van der Waals surface area contributed by atoms with Gasteiger partial charge in [-0.25, -0.2) is 0 Å². The molecule has 2 nitrogen and oxygen atoms in total. The van der Waals surface area contributed by atoms with Crippen LogP contribution in [-0.2, 0) is 4.79 Å². The quantitative estimate of drug-likeness (QED) is 0.576. The molecule has 0 aromatic rings. The van der Waals surface area contributed by atoms with Crippen LogP contribution in [0.4, 0.5) is 0 Å². The number of carbonyl (C=O) groups is 1. The van der Waals surface area contributed by atoms with E-state index < -0.39 is 4.75 Å². The lowest BCUT2D eigenvalue weighted by molar-refractivity contribution is -0.123. The van der Waals surface area contributed by atoms with Crippen LogP contribution in [0.5, 0.6) is 0 Å². The van der Waals surface area contributed by atoms with Crippen LogP contribution in [0.3, 0.4) is 0 Å². The molecular formula is C7H15NOS2. The SMILES string of the molecule is C[C@@H](CS)NC(=O)C(C)(C)S. The first-order valence-electron chi connectivity index (χ1n) is 3.52. The van der Waals surface area contributed by atoms with E-state index in [1.807, 2.05) is 6.92 Å². The summed E-state index contributed by atoms with van der Waals surface area (Å²) in [6, 6.07) is 0.109. The van der Waals surface area contributed by atoms with Crippen molar-refractivity contribution in [2.75, 3.05) is 5.75 Å². The molecule has 0 heterocycles. The molecule has 0 aliphatic rings. The summed E-state index contributed by atoms with van der Waals surface area (Å²) in [6.07, 6.45) is 0. The molecule has 0 unspecified atom stereocenters. The molecule has 0 fully saturated rings. The summed E-state index contributed by atoms with van der Waals surface area (Å²) in [4.78, 5) is 11.2. The van der Waals surface area contributed by atoms with Crippen molar-refractivity contribution in [2.24, 2.45) is 0 Å². The van der Waals surface area contributed by atoms with Crippen molar-refractivity contribution in [3.8, 4) is 0 Å². The molecule has 1 atom stereocenters. The maximum absolute atomic E-state index is 11.2. The van der Waals surface area contributed by atoms with Crippen LogP contribution in [0.2, 0.25) is 0 Å². The predicted octanol–water partition coefficient (Wildman–Crippen LogP) is 1.13. The van der Waals surface area contributed by atoms with E-state index in [2.05, 4.69) is 30.6 Å². The summed E-state index contributed by atoms with van der Waals surface area (Å²) < 4.78 is -0.600. The van der Waals surface area contributed by atoms with Gasteiger partial charge in [0, 0.05) is 11.8 Å². The molecule has 0 aromatic carbocycles. The van der Waals surface area contributed by atoms with Crippen molar-refractivity contribution in [1.29, 1.82) is 0 Å². The molecule has 0 aliphatic carbocycles. The molecular weight excluding hydrogens is 178 g/mol. The van der Waals surface area contributed by atoms with E-state index in [4.69, 9.17) is 0 Å². The number of hydrogen-bond donors (Lipinski definition) is 3. The second-order valence-corrected chi connectivity index (χ2v) is 4.60. The van der Waals surface area contributed by atoms with E-state index in [0.29, 0.717) is 5.75 Å². The fourth-order valence-electron chi connectivity index (χ4n) is 0.446. The molecule has 11 heavy (non-hydrogen) atoms. The molecule has 0 saturated carbocycles. The Kier molecular flexibility index (Phi) is 4.32. The van der Waals surface area contributed by atoms with E-state index in [1.165, 1.54) is 0 Å². The first kappa shape index (κ1) is 11.2. The lowest BCUT2D eigenvalue weighted by atomic mass is 10.2. The van der Waals surface area contributed by atoms with E-state index >= 15 is 0 Å². The van der Waals surface area contributed by atoms with Gasteiger partial charge >= 0.3 is 0 Å². The Morgan fingerprint density at radius 3 is 2.36 bits per heavy atom. The number of thiol groups is 2. The molecule has 1 N–H and O–H groups in total. The molecule has 0 aromatic heterocycles. The van der Waals surface area contributed by atoms with Gasteiger partial charge in [0.2, 0.25) is 5.91 Å². The fraction of sp³-hybridized carbons (Fsp3) is 0.857. The van der Waals surface area contributed by atoms with Crippen LogP contribution in [0.25, 0.3) is 0 Å². The standard InChI is InChI=1S/C7H15NOS2/c1-5(4-10)8-6(9)7(2,3)11/h5,10-11H,4H2,1-3H3,(H,8,9)/t5-/m0/s1. The highest BCUT2D eigenvalue weighted by atomic mass is 32.1. The Hall–Kier alpha value is 0.170. The summed E-state index contributed by atoms with van der Waals surface area (Å²) in [5.74, 6) is 0.595.